The number of hydrogen-bond donors (Lipinski definition) is 2. The van der Waals surface area contributed by atoms with Crippen LogP contribution in [-0.2, 0) is 13.3 Å². The highest BCUT2D eigenvalue weighted by molar-refractivity contribution is 6.32. The van der Waals surface area contributed by atoms with Crippen molar-refractivity contribution in [1.82, 2.24) is 24.9 Å². The van der Waals surface area contributed by atoms with Crippen LogP contribution in [0.2, 0.25) is 5.02 Å². The molecule has 2 N–H and O–H groups in total. The first-order chi connectivity index (χ1) is 15.3. The largest absolute Gasteiger partial charge is 0.470 e. The van der Waals surface area contributed by atoms with E-state index >= 15 is 0 Å². The number of nitrogens with zero attached hydrogens (tertiary/aromatic N) is 4. The van der Waals surface area contributed by atoms with Gasteiger partial charge in [0.25, 0.3) is 11.8 Å². The first kappa shape index (κ1) is 23.3. The van der Waals surface area contributed by atoms with Crippen molar-refractivity contribution in [1.29, 1.82) is 0 Å². The van der Waals surface area contributed by atoms with Gasteiger partial charge in [0.05, 0.1) is 10.7 Å². The summed E-state index contributed by atoms with van der Waals surface area (Å²) in [6.07, 6.45) is 3.26. The maximum Gasteiger partial charge on any atom is 0.276 e. The monoisotopic (exact) mass is 458 g/mol. The predicted molar refractivity (Wildman–Crippen MR) is 122 cm³/mol. The Hall–Kier alpha value is -3.33. The van der Waals surface area contributed by atoms with E-state index in [-0.39, 0.29) is 24.0 Å². The fourth-order valence-corrected chi connectivity index (χ4v) is 2.99. The molecule has 0 aliphatic heterocycles. The van der Waals surface area contributed by atoms with Crippen molar-refractivity contribution in [2.24, 2.45) is 5.92 Å². The second-order valence-electron chi connectivity index (χ2n) is 7.75. The summed E-state index contributed by atoms with van der Waals surface area (Å²) >= 11 is 6.14. The molecule has 0 aliphatic rings. The van der Waals surface area contributed by atoms with Gasteiger partial charge in [0.1, 0.15) is 5.75 Å². The Balaban J connectivity index is 1.67. The maximum atomic E-state index is 12.7. The number of halogens is 1. The molecule has 170 valence electrons. The fraction of sp³-hybridized carbons (Fsp3) is 0.364. The number of hydrogen-bond acceptors (Lipinski definition) is 5. The quantitative estimate of drug-likeness (QED) is 0.508. The molecule has 0 bridgehead atoms. The molecular formula is C22H27ClN6O3. The van der Waals surface area contributed by atoms with Gasteiger partial charge < -0.3 is 15.4 Å². The predicted octanol–water partition coefficient (Wildman–Crippen LogP) is 3.74. The Morgan fingerprint density at radius 2 is 1.94 bits per heavy atom. The van der Waals surface area contributed by atoms with Crippen LogP contribution in [0, 0.1) is 12.8 Å². The average molecular weight is 459 g/mol. The lowest BCUT2D eigenvalue weighted by molar-refractivity contribution is 0.0944. The number of ether oxygens (including phenoxy) is 1. The smallest absolute Gasteiger partial charge is 0.276 e. The van der Waals surface area contributed by atoms with E-state index in [9.17, 15) is 9.59 Å². The number of amides is 2. The Morgan fingerprint density at radius 1 is 1.16 bits per heavy atom. The molecule has 9 nitrogen and oxygen atoms in total. The normalized spacial score (nSPS) is 10.9. The molecule has 3 aromatic rings. The number of anilines is 1. The topological polar surface area (TPSA) is 103 Å². The molecule has 0 saturated carbocycles. The van der Waals surface area contributed by atoms with Gasteiger partial charge >= 0.3 is 0 Å². The Labute approximate surface area is 191 Å². The first-order valence-corrected chi connectivity index (χ1v) is 10.7. The molecular weight excluding hydrogens is 432 g/mol. The SMILES string of the molecule is CCn1cc(NC(=O)c2ccn(COc3cc(C)ccc3Cl)n2)c(C(=O)NCC(C)C)n1. The molecule has 10 heteroatoms. The number of rotatable bonds is 9. The van der Waals surface area contributed by atoms with Crippen molar-refractivity contribution in [2.45, 2.75) is 41.0 Å². The minimum atomic E-state index is -0.453. The molecule has 0 unspecified atom stereocenters. The van der Waals surface area contributed by atoms with Crippen molar-refractivity contribution >= 4 is 29.1 Å². The highest BCUT2D eigenvalue weighted by Crippen LogP contribution is 2.25. The minimum Gasteiger partial charge on any atom is -0.470 e. The van der Waals surface area contributed by atoms with Gasteiger partial charge in [-0.05, 0) is 43.5 Å². The van der Waals surface area contributed by atoms with Crippen LogP contribution < -0.4 is 15.4 Å². The summed E-state index contributed by atoms with van der Waals surface area (Å²) in [6.45, 7) is 9.01. The van der Waals surface area contributed by atoms with Gasteiger partial charge in [-0.25, -0.2) is 4.68 Å². The van der Waals surface area contributed by atoms with Crippen LogP contribution in [0.4, 0.5) is 5.69 Å². The van der Waals surface area contributed by atoms with Crippen LogP contribution in [-0.4, -0.2) is 37.9 Å². The summed E-state index contributed by atoms with van der Waals surface area (Å²) in [4.78, 5) is 25.2. The number of nitrogens with one attached hydrogen (secondary N) is 2. The number of aryl methyl sites for hydroxylation is 2. The molecule has 0 spiro atoms. The van der Waals surface area contributed by atoms with E-state index in [1.54, 1.807) is 29.2 Å². The molecule has 0 fully saturated rings. The number of carbonyl (C=O) groups excluding carboxylic acids is 2. The summed E-state index contributed by atoms with van der Waals surface area (Å²) in [5.74, 6) is 0.0457. The summed E-state index contributed by atoms with van der Waals surface area (Å²) in [5.41, 5.74) is 1.70. The van der Waals surface area contributed by atoms with E-state index < -0.39 is 5.91 Å². The molecule has 0 radical (unpaired) electrons. The van der Waals surface area contributed by atoms with Gasteiger partial charge in [-0.15, -0.1) is 0 Å². The summed E-state index contributed by atoms with van der Waals surface area (Å²) in [7, 11) is 0. The fourth-order valence-electron chi connectivity index (χ4n) is 2.82. The minimum absolute atomic E-state index is 0.0904. The number of aromatic nitrogens is 4. The van der Waals surface area contributed by atoms with E-state index in [0.717, 1.165) is 5.56 Å². The van der Waals surface area contributed by atoms with Crippen LogP contribution in [0.15, 0.2) is 36.7 Å². The zero-order valence-corrected chi connectivity index (χ0v) is 19.3. The van der Waals surface area contributed by atoms with Crippen molar-refractivity contribution in [3.05, 3.63) is 58.6 Å². The van der Waals surface area contributed by atoms with Crippen LogP contribution in [0.25, 0.3) is 0 Å². The van der Waals surface area contributed by atoms with Gasteiger partial charge in [-0.3, -0.25) is 14.3 Å². The molecule has 3 rings (SSSR count). The maximum absolute atomic E-state index is 12.7. The van der Waals surface area contributed by atoms with Crippen LogP contribution >= 0.6 is 11.6 Å². The van der Waals surface area contributed by atoms with Gasteiger partial charge in [0, 0.05) is 25.5 Å². The van der Waals surface area contributed by atoms with E-state index in [1.807, 2.05) is 39.8 Å². The lowest BCUT2D eigenvalue weighted by Crippen LogP contribution is -2.28. The van der Waals surface area contributed by atoms with Crippen molar-refractivity contribution in [3.8, 4) is 5.75 Å². The third-order valence-corrected chi connectivity index (χ3v) is 4.84. The van der Waals surface area contributed by atoms with Gasteiger partial charge in [0.2, 0.25) is 0 Å². The standard InChI is InChI=1S/C22H27ClN6O3/c1-5-28-12-18(20(27-28)22(31)24-11-14(2)3)25-21(30)17-8-9-29(26-17)13-32-19-10-15(4)6-7-16(19)23/h6-10,12,14H,5,11,13H2,1-4H3,(H,24,31)(H,25,30). The zero-order chi connectivity index (χ0) is 23.3. The molecule has 2 aromatic heterocycles. The van der Waals surface area contributed by atoms with Crippen molar-refractivity contribution < 1.29 is 14.3 Å². The summed E-state index contributed by atoms with van der Waals surface area (Å²) in [6, 6.07) is 7.05. The first-order valence-electron chi connectivity index (χ1n) is 10.4. The second-order valence-corrected chi connectivity index (χ2v) is 8.16. The lowest BCUT2D eigenvalue weighted by Gasteiger charge is -2.09. The van der Waals surface area contributed by atoms with E-state index in [0.29, 0.717) is 35.5 Å². The number of carbonyl (C=O) groups is 2. The highest BCUT2D eigenvalue weighted by atomic mass is 35.5. The molecule has 0 aliphatic carbocycles. The third-order valence-electron chi connectivity index (χ3n) is 4.53. The second kappa shape index (κ2) is 10.3. The van der Waals surface area contributed by atoms with E-state index in [4.69, 9.17) is 16.3 Å². The van der Waals surface area contributed by atoms with Gasteiger partial charge in [-0.1, -0.05) is 31.5 Å². The lowest BCUT2D eigenvalue weighted by atomic mass is 10.2. The summed E-state index contributed by atoms with van der Waals surface area (Å²) < 4.78 is 8.78. The summed E-state index contributed by atoms with van der Waals surface area (Å²) in [5, 5.41) is 14.6. The van der Waals surface area contributed by atoms with E-state index in [1.165, 1.54) is 4.68 Å². The molecule has 32 heavy (non-hydrogen) atoms. The molecule has 2 amide bonds. The van der Waals surface area contributed by atoms with Crippen molar-refractivity contribution in [3.63, 3.8) is 0 Å². The third kappa shape index (κ3) is 5.88. The van der Waals surface area contributed by atoms with Crippen molar-refractivity contribution in [2.75, 3.05) is 11.9 Å². The van der Waals surface area contributed by atoms with Gasteiger partial charge in [-0.2, -0.15) is 10.2 Å². The van der Waals surface area contributed by atoms with Crippen LogP contribution in [0.5, 0.6) is 5.75 Å². The Kier molecular flexibility index (Phi) is 7.53. The highest BCUT2D eigenvalue weighted by Gasteiger charge is 2.20. The number of benzene rings is 1. The Morgan fingerprint density at radius 3 is 2.66 bits per heavy atom. The molecule has 0 saturated heterocycles. The molecule has 1 aromatic carbocycles. The zero-order valence-electron chi connectivity index (χ0n) is 18.6. The molecule has 2 heterocycles. The Bertz CT molecular complexity index is 1110. The van der Waals surface area contributed by atoms with Crippen LogP contribution in [0.3, 0.4) is 0 Å². The average Bonchev–Trinajstić information content (AvgIpc) is 3.39. The molecule has 0 atom stereocenters. The van der Waals surface area contributed by atoms with Crippen LogP contribution in [0.1, 0.15) is 47.3 Å². The van der Waals surface area contributed by atoms with Gasteiger partial charge in [0.15, 0.2) is 18.1 Å². The van der Waals surface area contributed by atoms with E-state index in [2.05, 4.69) is 20.8 Å².